The minimum atomic E-state index is -3.62. The largest absolute Gasteiger partial charge is 0.508 e. The molecule has 0 radical (unpaired) electrons. The Bertz CT molecular complexity index is 982. The molecule has 1 heterocycles. The van der Waals surface area contributed by atoms with Gasteiger partial charge in [0.1, 0.15) is 9.96 Å². The van der Waals surface area contributed by atoms with Crippen LogP contribution in [0.3, 0.4) is 0 Å². The van der Waals surface area contributed by atoms with E-state index in [0.717, 1.165) is 11.3 Å². The topological polar surface area (TPSA) is 95.5 Å². The average Bonchev–Trinajstić information content (AvgIpc) is 3.10. The Kier molecular flexibility index (Phi) is 4.73. The molecule has 0 aliphatic carbocycles. The van der Waals surface area contributed by atoms with Crippen LogP contribution in [0.15, 0.2) is 70.3 Å². The molecule has 3 N–H and O–H groups in total. The molecule has 0 aliphatic rings. The highest BCUT2D eigenvalue weighted by Gasteiger charge is 2.15. The number of phenolic OH excluding ortho intramolecular Hbond substituents is 1. The molecule has 3 rings (SSSR count). The molecule has 1 aromatic heterocycles. The van der Waals surface area contributed by atoms with Gasteiger partial charge in [-0.1, -0.05) is 12.1 Å². The van der Waals surface area contributed by atoms with Crippen LogP contribution < -0.4 is 10.0 Å². The van der Waals surface area contributed by atoms with Gasteiger partial charge in [-0.2, -0.15) is 0 Å². The second-order valence-electron chi connectivity index (χ2n) is 5.12. The van der Waals surface area contributed by atoms with Gasteiger partial charge < -0.3 is 10.4 Å². The first-order chi connectivity index (χ1) is 11.9. The van der Waals surface area contributed by atoms with Crippen LogP contribution in [0.1, 0.15) is 10.4 Å². The van der Waals surface area contributed by atoms with Crippen molar-refractivity contribution in [1.29, 1.82) is 0 Å². The second-order valence-corrected chi connectivity index (χ2v) is 7.98. The average molecular weight is 374 g/mol. The number of rotatable bonds is 5. The summed E-state index contributed by atoms with van der Waals surface area (Å²) in [7, 11) is -3.62. The number of phenols is 1. The van der Waals surface area contributed by atoms with Crippen molar-refractivity contribution in [3.05, 3.63) is 71.6 Å². The number of benzene rings is 2. The number of aromatic hydroxyl groups is 1. The van der Waals surface area contributed by atoms with E-state index >= 15 is 0 Å². The summed E-state index contributed by atoms with van der Waals surface area (Å²) >= 11 is 1.12. The SMILES string of the molecule is O=C(Nc1cccc(O)c1)c1ccc(NS(=O)(=O)c2cccs2)cc1. The van der Waals surface area contributed by atoms with Gasteiger partial charge in [0.05, 0.1) is 0 Å². The van der Waals surface area contributed by atoms with E-state index in [1.165, 1.54) is 42.5 Å². The lowest BCUT2D eigenvalue weighted by atomic mass is 10.2. The number of anilines is 2. The van der Waals surface area contributed by atoms with E-state index < -0.39 is 10.0 Å². The third kappa shape index (κ3) is 4.17. The minimum absolute atomic E-state index is 0.0520. The Morgan fingerprint density at radius 2 is 1.72 bits per heavy atom. The molecule has 0 unspecified atom stereocenters. The Morgan fingerprint density at radius 1 is 0.960 bits per heavy atom. The van der Waals surface area contributed by atoms with E-state index in [0.29, 0.717) is 16.9 Å². The highest BCUT2D eigenvalue weighted by molar-refractivity contribution is 7.94. The molecular weight excluding hydrogens is 360 g/mol. The van der Waals surface area contributed by atoms with E-state index in [4.69, 9.17) is 0 Å². The van der Waals surface area contributed by atoms with Crippen LogP contribution in [0.5, 0.6) is 5.75 Å². The van der Waals surface area contributed by atoms with Gasteiger partial charge in [-0.05, 0) is 47.8 Å². The summed E-state index contributed by atoms with van der Waals surface area (Å²) in [6.07, 6.45) is 0. The molecule has 0 saturated heterocycles. The zero-order chi connectivity index (χ0) is 17.9. The first-order valence-electron chi connectivity index (χ1n) is 7.21. The number of hydrogen-bond donors (Lipinski definition) is 3. The normalized spacial score (nSPS) is 11.0. The second kappa shape index (κ2) is 6.96. The van der Waals surface area contributed by atoms with Crippen molar-refractivity contribution in [2.45, 2.75) is 4.21 Å². The number of thiophene rings is 1. The molecule has 1 amide bonds. The van der Waals surface area contributed by atoms with E-state index in [1.54, 1.807) is 23.6 Å². The minimum Gasteiger partial charge on any atom is -0.508 e. The molecule has 0 fully saturated rings. The summed E-state index contributed by atoms with van der Waals surface area (Å²) in [5, 5.41) is 13.7. The molecule has 128 valence electrons. The van der Waals surface area contributed by atoms with Crippen molar-refractivity contribution in [3.63, 3.8) is 0 Å². The molecule has 0 aliphatic heterocycles. The van der Waals surface area contributed by atoms with Crippen molar-refractivity contribution in [2.75, 3.05) is 10.0 Å². The molecule has 0 saturated carbocycles. The maximum Gasteiger partial charge on any atom is 0.271 e. The van der Waals surface area contributed by atoms with Gasteiger partial charge in [0, 0.05) is 23.0 Å². The predicted molar refractivity (Wildman–Crippen MR) is 97.6 cm³/mol. The van der Waals surface area contributed by atoms with Crippen LogP contribution in [0.2, 0.25) is 0 Å². The molecule has 6 nitrogen and oxygen atoms in total. The van der Waals surface area contributed by atoms with Gasteiger partial charge in [-0.3, -0.25) is 9.52 Å². The lowest BCUT2D eigenvalue weighted by Gasteiger charge is -2.08. The monoisotopic (exact) mass is 374 g/mol. The zero-order valence-electron chi connectivity index (χ0n) is 12.8. The molecule has 2 aromatic carbocycles. The lowest BCUT2D eigenvalue weighted by molar-refractivity contribution is 0.102. The van der Waals surface area contributed by atoms with E-state index in [-0.39, 0.29) is 15.9 Å². The summed E-state index contributed by atoms with van der Waals surface area (Å²) < 4.78 is 27.0. The molecule has 0 spiro atoms. The number of hydrogen-bond acceptors (Lipinski definition) is 5. The van der Waals surface area contributed by atoms with Crippen LogP contribution in [0, 0.1) is 0 Å². The van der Waals surface area contributed by atoms with Crippen LogP contribution >= 0.6 is 11.3 Å². The van der Waals surface area contributed by atoms with Crippen molar-refractivity contribution in [3.8, 4) is 5.75 Å². The van der Waals surface area contributed by atoms with Crippen LogP contribution in [-0.2, 0) is 10.0 Å². The summed E-state index contributed by atoms with van der Waals surface area (Å²) in [6.45, 7) is 0. The molecule has 0 bridgehead atoms. The molecule has 0 atom stereocenters. The summed E-state index contributed by atoms with van der Waals surface area (Å²) in [4.78, 5) is 12.2. The highest BCUT2D eigenvalue weighted by atomic mass is 32.2. The summed E-state index contributed by atoms with van der Waals surface area (Å²) in [5.41, 5.74) is 1.19. The van der Waals surface area contributed by atoms with Gasteiger partial charge >= 0.3 is 0 Å². The molecule has 3 aromatic rings. The number of carbonyl (C=O) groups is 1. The number of carbonyl (C=O) groups excluding carboxylic acids is 1. The molecular formula is C17H14N2O4S2. The first-order valence-corrected chi connectivity index (χ1v) is 9.57. The van der Waals surface area contributed by atoms with Gasteiger partial charge in [-0.25, -0.2) is 8.42 Å². The quantitative estimate of drug-likeness (QED) is 0.637. The smallest absolute Gasteiger partial charge is 0.271 e. The third-order valence-corrected chi connectivity index (χ3v) is 6.04. The lowest BCUT2D eigenvalue weighted by Crippen LogP contribution is -2.13. The van der Waals surface area contributed by atoms with E-state index in [1.807, 2.05) is 0 Å². The van der Waals surface area contributed by atoms with Crippen molar-refractivity contribution in [2.24, 2.45) is 0 Å². The van der Waals surface area contributed by atoms with Crippen LogP contribution in [0.25, 0.3) is 0 Å². The van der Waals surface area contributed by atoms with Gasteiger partial charge in [0.25, 0.3) is 15.9 Å². The fraction of sp³-hybridized carbons (Fsp3) is 0. The van der Waals surface area contributed by atoms with Gasteiger partial charge in [0.2, 0.25) is 0 Å². The third-order valence-electron chi connectivity index (χ3n) is 3.26. The number of nitrogens with one attached hydrogen (secondary N) is 2. The zero-order valence-corrected chi connectivity index (χ0v) is 14.5. The van der Waals surface area contributed by atoms with Crippen molar-refractivity contribution >= 4 is 38.6 Å². The number of amides is 1. The van der Waals surface area contributed by atoms with Crippen LogP contribution in [-0.4, -0.2) is 19.4 Å². The van der Waals surface area contributed by atoms with Crippen molar-refractivity contribution < 1.29 is 18.3 Å². The summed E-state index contributed by atoms with van der Waals surface area (Å²) in [5.74, 6) is -0.311. The Labute approximate surface area is 148 Å². The molecule has 8 heteroatoms. The van der Waals surface area contributed by atoms with Gasteiger partial charge in [-0.15, -0.1) is 11.3 Å². The summed E-state index contributed by atoms with van der Waals surface area (Å²) in [6, 6.07) is 15.5. The Balaban J connectivity index is 1.71. The van der Waals surface area contributed by atoms with E-state index in [9.17, 15) is 18.3 Å². The van der Waals surface area contributed by atoms with Crippen molar-refractivity contribution in [1.82, 2.24) is 0 Å². The Morgan fingerprint density at radius 3 is 2.36 bits per heavy atom. The molecule has 25 heavy (non-hydrogen) atoms. The van der Waals surface area contributed by atoms with Gasteiger partial charge in [0.15, 0.2) is 0 Å². The number of sulfonamides is 1. The maximum absolute atomic E-state index is 12.2. The first kappa shape index (κ1) is 17.0. The van der Waals surface area contributed by atoms with E-state index in [2.05, 4.69) is 10.0 Å². The fourth-order valence-electron chi connectivity index (χ4n) is 2.10. The predicted octanol–water partition coefficient (Wildman–Crippen LogP) is 3.51. The fourth-order valence-corrected chi connectivity index (χ4v) is 4.15. The van der Waals surface area contributed by atoms with Crippen LogP contribution in [0.4, 0.5) is 11.4 Å². The highest BCUT2D eigenvalue weighted by Crippen LogP contribution is 2.21. The standard InChI is InChI=1S/C17H14N2O4S2/c20-15-4-1-3-14(11-15)18-17(21)12-6-8-13(9-7-12)19-25(22,23)16-5-2-10-24-16/h1-11,19-20H,(H,18,21). The Hall–Kier alpha value is -2.84. The maximum atomic E-state index is 12.2.